The predicted octanol–water partition coefficient (Wildman–Crippen LogP) is 7.05. The minimum Gasteiger partial charge on any atom is -0.144 e. The van der Waals surface area contributed by atoms with E-state index in [-0.39, 0.29) is 0 Å². The summed E-state index contributed by atoms with van der Waals surface area (Å²) in [5.74, 6) is 0. The highest BCUT2D eigenvalue weighted by atomic mass is 32.1. The Kier molecular flexibility index (Phi) is 3.39. The molecule has 0 saturated heterocycles. The molecule has 0 nitrogen and oxygen atoms in total. The van der Waals surface area contributed by atoms with E-state index in [2.05, 4.69) is 72.1 Å². The van der Waals surface area contributed by atoms with Gasteiger partial charge in [-0.1, -0.05) is 36.4 Å². The van der Waals surface area contributed by atoms with Gasteiger partial charge in [0.2, 0.25) is 0 Å². The van der Waals surface area contributed by atoms with Crippen molar-refractivity contribution in [3.05, 3.63) is 82.6 Å². The Morgan fingerprint density at radius 3 is 2.42 bits per heavy atom. The van der Waals surface area contributed by atoms with Crippen molar-refractivity contribution >= 4 is 53.6 Å². The molecule has 0 unspecified atom stereocenters. The topological polar surface area (TPSA) is 0 Å². The summed E-state index contributed by atoms with van der Waals surface area (Å²) in [5.41, 5.74) is 1.43. The van der Waals surface area contributed by atoms with Crippen LogP contribution in [0.2, 0.25) is 0 Å². The highest BCUT2D eigenvalue weighted by Gasteiger charge is 2.05. The fourth-order valence-corrected chi connectivity index (χ4v) is 5.21. The van der Waals surface area contributed by atoms with Crippen LogP contribution in [-0.2, 0) is 12.8 Å². The third-order valence-corrected chi connectivity index (χ3v) is 6.67. The molecule has 3 aromatic carbocycles. The number of fused-ring (bicyclic) bond motifs is 3. The molecule has 24 heavy (non-hydrogen) atoms. The van der Waals surface area contributed by atoms with E-state index in [1.165, 1.54) is 41.4 Å². The van der Waals surface area contributed by atoms with Gasteiger partial charge >= 0.3 is 0 Å². The Morgan fingerprint density at radius 1 is 0.625 bits per heavy atom. The number of rotatable bonds is 3. The third kappa shape index (κ3) is 2.52. The molecule has 0 aliphatic heterocycles. The molecule has 0 bridgehead atoms. The zero-order chi connectivity index (χ0) is 15.9. The second-order valence-electron chi connectivity index (χ2n) is 6.24. The van der Waals surface area contributed by atoms with Crippen LogP contribution in [0.4, 0.5) is 0 Å². The quantitative estimate of drug-likeness (QED) is 0.329. The molecule has 2 heteroatoms. The lowest BCUT2D eigenvalue weighted by Crippen LogP contribution is -1.87. The van der Waals surface area contributed by atoms with E-state index in [0.717, 1.165) is 12.8 Å². The normalized spacial score (nSPS) is 11.7. The molecule has 0 amide bonds. The summed E-state index contributed by atoms with van der Waals surface area (Å²) < 4.78 is 2.78. The summed E-state index contributed by atoms with van der Waals surface area (Å²) in [5, 5.41) is 7.59. The molecule has 0 N–H and O–H groups in total. The maximum Gasteiger partial charge on any atom is 0.0352 e. The predicted molar refractivity (Wildman–Crippen MR) is 109 cm³/mol. The van der Waals surface area contributed by atoms with E-state index in [0.29, 0.717) is 0 Å². The first-order valence-electron chi connectivity index (χ1n) is 8.22. The van der Waals surface area contributed by atoms with Crippen molar-refractivity contribution in [3.8, 4) is 0 Å². The number of aryl methyl sites for hydroxylation is 2. The Labute approximate surface area is 149 Å². The van der Waals surface area contributed by atoms with E-state index < -0.39 is 0 Å². The van der Waals surface area contributed by atoms with Crippen LogP contribution in [0.25, 0.3) is 30.9 Å². The van der Waals surface area contributed by atoms with Gasteiger partial charge in [0.15, 0.2) is 0 Å². The zero-order valence-corrected chi connectivity index (χ0v) is 14.8. The van der Waals surface area contributed by atoms with Crippen molar-refractivity contribution in [1.29, 1.82) is 0 Å². The van der Waals surface area contributed by atoms with Gasteiger partial charge in [0.1, 0.15) is 0 Å². The van der Waals surface area contributed by atoms with E-state index in [9.17, 15) is 0 Å². The molecule has 2 aromatic heterocycles. The molecule has 0 saturated carbocycles. The molecular formula is C22H16S2. The van der Waals surface area contributed by atoms with Crippen LogP contribution < -0.4 is 0 Å². The average Bonchev–Trinajstić information content (AvgIpc) is 3.23. The zero-order valence-electron chi connectivity index (χ0n) is 13.2. The Bertz CT molecular complexity index is 1110. The smallest absolute Gasteiger partial charge is 0.0352 e. The van der Waals surface area contributed by atoms with Crippen molar-refractivity contribution in [3.63, 3.8) is 0 Å². The molecule has 5 rings (SSSR count). The van der Waals surface area contributed by atoms with Gasteiger partial charge in [0.05, 0.1) is 0 Å². The SMILES string of the molecule is c1ccc2cc3sc(CCc4ccc5sccc5c4)cc3cc2c1. The van der Waals surface area contributed by atoms with Crippen LogP contribution in [0, 0.1) is 0 Å². The third-order valence-electron chi connectivity index (χ3n) is 4.61. The number of hydrogen-bond donors (Lipinski definition) is 0. The van der Waals surface area contributed by atoms with E-state index >= 15 is 0 Å². The largest absolute Gasteiger partial charge is 0.144 e. The second-order valence-corrected chi connectivity index (χ2v) is 8.36. The van der Waals surface area contributed by atoms with Gasteiger partial charge in [0.25, 0.3) is 0 Å². The lowest BCUT2D eigenvalue weighted by Gasteiger charge is -2.00. The molecule has 5 aromatic rings. The van der Waals surface area contributed by atoms with E-state index in [1.807, 2.05) is 22.7 Å². The second kappa shape index (κ2) is 5.73. The van der Waals surface area contributed by atoms with Gasteiger partial charge in [-0.3, -0.25) is 0 Å². The Hall–Kier alpha value is -2.16. The monoisotopic (exact) mass is 344 g/mol. The van der Waals surface area contributed by atoms with Gasteiger partial charge in [-0.2, -0.15) is 0 Å². The fourth-order valence-electron chi connectivity index (χ4n) is 3.34. The first-order valence-corrected chi connectivity index (χ1v) is 9.92. The lowest BCUT2D eigenvalue weighted by atomic mass is 10.1. The number of thiophene rings is 2. The van der Waals surface area contributed by atoms with Crippen LogP contribution in [0.1, 0.15) is 10.4 Å². The van der Waals surface area contributed by atoms with Crippen LogP contribution in [0.15, 0.2) is 72.1 Å². The Balaban J connectivity index is 1.44. The maximum absolute atomic E-state index is 2.37. The highest BCUT2D eigenvalue weighted by molar-refractivity contribution is 7.19. The molecule has 0 aliphatic carbocycles. The van der Waals surface area contributed by atoms with Gasteiger partial charge in [-0.05, 0) is 75.7 Å². The first kappa shape index (κ1) is 14.2. The minimum atomic E-state index is 1.11. The van der Waals surface area contributed by atoms with Crippen LogP contribution in [-0.4, -0.2) is 0 Å². The van der Waals surface area contributed by atoms with Gasteiger partial charge in [0, 0.05) is 14.3 Å². The van der Waals surface area contributed by atoms with Crippen molar-refractivity contribution < 1.29 is 0 Å². The molecule has 0 spiro atoms. The van der Waals surface area contributed by atoms with Crippen molar-refractivity contribution in [1.82, 2.24) is 0 Å². The summed E-state index contributed by atoms with van der Waals surface area (Å²) in [6.07, 6.45) is 2.23. The van der Waals surface area contributed by atoms with Crippen molar-refractivity contribution in [2.75, 3.05) is 0 Å². The van der Waals surface area contributed by atoms with Gasteiger partial charge in [-0.15, -0.1) is 22.7 Å². The lowest BCUT2D eigenvalue weighted by molar-refractivity contribution is 0.984. The van der Waals surface area contributed by atoms with Gasteiger partial charge < -0.3 is 0 Å². The van der Waals surface area contributed by atoms with Crippen molar-refractivity contribution in [2.24, 2.45) is 0 Å². The number of benzene rings is 3. The number of hydrogen-bond acceptors (Lipinski definition) is 2. The summed E-state index contributed by atoms with van der Waals surface area (Å²) in [7, 11) is 0. The van der Waals surface area contributed by atoms with Gasteiger partial charge in [-0.25, -0.2) is 0 Å². The Morgan fingerprint density at radius 2 is 1.50 bits per heavy atom. The van der Waals surface area contributed by atoms with Crippen molar-refractivity contribution in [2.45, 2.75) is 12.8 Å². The molecule has 0 radical (unpaired) electrons. The van der Waals surface area contributed by atoms with E-state index in [1.54, 1.807) is 0 Å². The highest BCUT2D eigenvalue weighted by Crippen LogP contribution is 2.31. The first-order chi connectivity index (χ1) is 11.8. The summed E-state index contributed by atoms with van der Waals surface area (Å²) in [6, 6.07) is 24.7. The maximum atomic E-state index is 2.37. The van der Waals surface area contributed by atoms with Crippen LogP contribution >= 0.6 is 22.7 Å². The molecule has 0 aliphatic rings. The molecule has 116 valence electrons. The molecule has 0 fully saturated rings. The minimum absolute atomic E-state index is 1.11. The molecule has 2 heterocycles. The summed E-state index contributed by atoms with van der Waals surface area (Å²) in [4.78, 5) is 1.48. The summed E-state index contributed by atoms with van der Waals surface area (Å²) in [6.45, 7) is 0. The molecular weight excluding hydrogens is 328 g/mol. The summed E-state index contributed by atoms with van der Waals surface area (Å²) >= 11 is 3.76. The van der Waals surface area contributed by atoms with Crippen LogP contribution in [0.3, 0.4) is 0 Å². The molecule has 0 atom stereocenters. The van der Waals surface area contributed by atoms with E-state index in [4.69, 9.17) is 0 Å². The standard InChI is InChI=1S/C22H16S2/c1-2-4-17-14-22-19(12-16(17)3-1)13-20(24-22)7-5-15-6-8-21-18(11-15)9-10-23-21/h1-4,6,8-14H,5,7H2. The average molecular weight is 345 g/mol. The van der Waals surface area contributed by atoms with Crippen LogP contribution in [0.5, 0.6) is 0 Å². The fraction of sp³-hybridized carbons (Fsp3) is 0.0909.